The van der Waals surface area contributed by atoms with Crippen LogP contribution in [0.4, 0.5) is 13.2 Å². The standard InChI is InChI=1S/C14H25F3N2O/c1-2-10(6-7-18)9-19-13(20)11-4-3-5-12(8-11)14(15,16)17/h10-12H,2-9,18H2,1H3,(H,19,20). The first-order valence-electron chi connectivity index (χ1n) is 7.43. The predicted octanol–water partition coefficient (Wildman–Crippen LogP) is 2.85. The largest absolute Gasteiger partial charge is 0.391 e. The number of halogens is 3. The molecule has 6 heteroatoms. The summed E-state index contributed by atoms with van der Waals surface area (Å²) in [4.78, 5) is 12.0. The Morgan fingerprint density at radius 3 is 2.65 bits per heavy atom. The lowest BCUT2D eigenvalue weighted by Gasteiger charge is -2.30. The Labute approximate surface area is 118 Å². The molecule has 0 aromatic carbocycles. The van der Waals surface area contributed by atoms with E-state index in [1.807, 2.05) is 6.92 Å². The van der Waals surface area contributed by atoms with E-state index in [1.165, 1.54) is 0 Å². The van der Waals surface area contributed by atoms with E-state index in [9.17, 15) is 18.0 Å². The van der Waals surface area contributed by atoms with E-state index < -0.39 is 18.0 Å². The van der Waals surface area contributed by atoms with E-state index in [2.05, 4.69) is 5.32 Å². The Bertz CT molecular complexity index is 307. The Kier molecular flexibility index (Phi) is 6.79. The zero-order valence-electron chi connectivity index (χ0n) is 12.0. The molecular formula is C14H25F3N2O. The summed E-state index contributed by atoms with van der Waals surface area (Å²) in [6.07, 6.45) is -1.32. The van der Waals surface area contributed by atoms with Crippen molar-refractivity contribution >= 4 is 5.91 Å². The van der Waals surface area contributed by atoms with Crippen LogP contribution in [0.25, 0.3) is 0 Å². The SMILES string of the molecule is CCC(CCN)CNC(=O)C1CCCC(C(F)(F)F)C1. The van der Waals surface area contributed by atoms with E-state index in [0.29, 0.717) is 31.8 Å². The van der Waals surface area contributed by atoms with Crippen molar-refractivity contribution < 1.29 is 18.0 Å². The number of hydrogen-bond acceptors (Lipinski definition) is 2. The fraction of sp³-hybridized carbons (Fsp3) is 0.929. The molecule has 118 valence electrons. The lowest BCUT2D eigenvalue weighted by atomic mass is 9.80. The molecule has 1 aliphatic carbocycles. The molecule has 0 radical (unpaired) electrons. The monoisotopic (exact) mass is 294 g/mol. The zero-order valence-corrected chi connectivity index (χ0v) is 12.0. The predicted molar refractivity (Wildman–Crippen MR) is 72.0 cm³/mol. The average molecular weight is 294 g/mol. The minimum absolute atomic E-state index is 0.0665. The number of hydrogen-bond donors (Lipinski definition) is 2. The van der Waals surface area contributed by atoms with Gasteiger partial charge in [-0.1, -0.05) is 19.8 Å². The maximum absolute atomic E-state index is 12.7. The Morgan fingerprint density at radius 1 is 1.40 bits per heavy atom. The first-order valence-corrected chi connectivity index (χ1v) is 7.43. The van der Waals surface area contributed by atoms with Crippen LogP contribution < -0.4 is 11.1 Å². The van der Waals surface area contributed by atoms with Gasteiger partial charge >= 0.3 is 6.18 Å². The molecule has 1 saturated carbocycles. The van der Waals surface area contributed by atoms with Crippen molar-refractivity contribution in [2.75, 3.05) is 13.1 Å². The summed E-state index contributed by atoms with van der Waals surface area (Å²) in [5, 5.41) is 2.80. The Morgan fingerprint density at radius 2 is 2.10 bits per heavy atom. The first kappa shape index (κ1) is 17.3. The van der Waals surface area contributed by atoms with Crippen molar-refractivity contribution in [3.63, 3.8) is 0 Å². The summed E-state index contributed by atoms with van der Waals surface area (Å²) in [6.45, 7) is 3.10. The van der Waals surface area contributed by atoms with Crippen LogP contribution >= 0.6 is 0 Å². The summed E-state index contributed by atoms with van der Waals surface area (Å²) in [5.74, 6) is -1.73. The summed E-state index contributed by atoms with van der Waals surface area (Å²) in [6, 6.07) is 0. The van der Waals surface area contributed by atoms with Crippen LogP contribution in [0.5, 0.6) is 0 Å². The van der Waals surface area contributed by atoms with Crippen LogP contribution in [-0.2, 0) is 4.79 Å². The van der Waals surface area contributed by atoms with Crippen LogP contribution in [0, 0.1) is 17.8 Å². The molecule has 3 N–H and O–H groups in total. The number of carbonyl (C=O) groups excluding carboxylic acids is 1. The molecular weight excluding hydrogens is 269 g/mol. The average Bonchev–Trinajstić information content (AvgIpc) is 2.42. The van der Waals surface area contributed by atoms with Gasteiger partial charge < -0.3 is 11.1 Å². The van der Waals surface area contributed by atoms with Gasteiger partial charge in [-0.3, -0.25) is 4.79 Å². The van der Waals surface area contributed by atoms with Gasteiger partial charge in [-0.2, -0.15) is 13.2 Å². The summed E-state index contributed by atoms with van der Waals surface area (Å²) < 4.78 is 38.1. The van der Waals surface area contributed by atoms with Crippen molar-refractivity contribution in [2.45, 2.75) is 51.6 Å². The molecule has 0 saturated heterocycles. The zero-order chi connectivity index (χ0) is 15.2. The highest BCUT2D eigenvalue weighted by Crippen LogP contribution is 2.39. The highest BCUT2D eigenvalue weighted by Gasteiger charge is 2.43. The second kappa shape index (κ2) is 7.86. The lowest BCUT2D eigenvalue weighted by molar-refractivity contribution is -0.186. The van der Waals surface area contributed by atoms with Gasteiger partial charge in [0.25, 0.3) is 0 Å². The third-order valence-electron chi connectivity index (χ3n) is 4.23. The van der Waals surface area contributed by atoms with Gasteiger partial charge in [0.2, 0.25) is 5.91 Å². The topological polar surface area (TPSA) is 55.1 Å². The van der Waals surface area contributed by atoms with Gasteiger partial charge in [0, 0.05) is 12.5 Å². The number of alkyl halides is 3. The van der Waals surface area contributed by atoms with Gasteiger partial charge in [0.05, 0.1) is 5.92 Å². The Balaban J connectivity index is 2.43. The van der Waals surface area contributed by atoms with Crippen molar-refractivity contribution in [3.8, 4) is 0 Å². The molecule has 3 unspecified atom stereocenters. The van der Waals surface area contributed by atoms with Crippen molar-refractivity contribution in [1.29, 1.82) is 0 Å². The third kappa shape index (κ3) is 5.31. The summed E-state index contributed by atoms with van der Waals surface area (Å²) >= 11 is 0. The van der Waals surface area contributed by atoms with Gasteiger partial charge in [-0.05, 0) is 38.1 Å². The van der Waals surface area contributed by atoms with Gasteiger partial charge in [-0.25, -0.2) is 0 Å². The van der Waals surface area contributed by atoms with E-state index in [1.54, 1.807) is 0 Å². The normalized spacial score (nSPS) is 25.2. The van der Waals surface area contributed by atoms with Crippen LogP contribution in [0.1, 0.15) is 45.4 Å². The van der Waals surface area contributed by atoms with Gasteiger partial charge in [0.1, 0.15) is 0 Å². The smallest absolute Gasteiger partial charge is 0.356 e. The number of rotatable bonds is 6. The molecule has 1 aliphatic rings. The molecule has 1 rings (SSSR count). The highest BCUT2D eigenvalue weighted by atomic mass is 19.4. The van der Waals surface area contributed by atoms with Crippen molar-refractivity contribution in [2.24, 2.45) is 23.5 Å². The molecule has 1 fully saturated rings. The highest BCUT2D eigenvalue weighted by molar-refractivity contribution is 5.78. The van der Waals surface area contributed by atoms with E-state index >= 15 is 0 Å². The van der Waals surface area contributed by atoms with Crippen molar-refractivity contribution in [3.05, 3.63) is 0 Å². The Hall–Kier alpha value is -0.780. The molecule has 0 heterocycles. The number of carbonyl (C=O) groups is 1. The van der Waals surface area contributed by atoms with E-state index in [-0.39, 0.29) is 18.7 Å². The number of amides is 1. The van der Waals surface area contributed by atoms with E-state index in [0.717, 1.165) is 12.8 Å². The molecule has 0 aliphatic heterocycles. The molecule has 0 bridgehead atoms. The van der Waals surface area contributed by atoms with Crippen molar-refractivity contribution in [1.82, 2.24) is 5.32 Å². The fourth-order valence-corrected chi connectivity index (χ4v) is 2.80. The molecule has 0 aromatic heterocycles. The number of nitrogens with one attached hydrogen (secondary N) is 1. The van der Waals surface area contributed by atoms with Crippen LogP contribution in [-0.4, -0.2) is 25.2 Å². The molecule has 0 aromatic rings. The molecule has 3 nitrogen and oxygen atoms in total. The maximum Gasteiger partial charge on any atom is 0.391 e. The second-order valence-electron chi connectivity index (χ2n) is 5.70. The lowest BCUT2D eigenvalue weighted by Crippen LogP contribution is -2.39. The molecule has 20 heavy (non-hydrogen) atoms. The first-order chi connectivity index (χ1) is 9.38. The number of nitrogens with two attached hydrogens (primary N) is 1. The molecule has 3 atom stereocenters. The van der Waals surface area contributed by atoms with Crippen LogP contribution in [0.15, 0.2) is 0 Å². The second-order valence-corrected chi connectivity index (χ2v) is 5.70. The fourth-order valence-electron chi connectivity index (χ4n) is 2.80. The molecule has 1 amide bonds. The van der Waals surface area contributed by atoms with E-state index in [4.69, 9.17) is 5.73 Å². The summed E-state index contributed by atoms with van der Waals surface area (Å²) in [5.41, 5.74) is 5.48. The minimum atomic E-state index is -4.18. The van der Waals surface area contributed by atoms with Crippen LogP contribution in [0.3, 0.4) is 0 Å². The third-order valence-corrected chi connectivity index (χ3v) is 4.23. The molecule has 0 spiro atoms. The minimum Gasteiger partial charge on any atom is -0.356 e. The van der Waals surface area contributed by atoms with Crippen LogP contribution in [0.2, 0.25) is 0 Å². The quantitative estimate of drug-likeness (QED) is 0.791. The van der Waals surface area contributed by atoms with Gasteiger partial charge in [-0.15, -0.1) is 0 Å². The summed E-state index contributed by atoms with van der Waals surface area (Å²) in [7, 11) is 0. The maximum atomic E-state index is 12.7. The van der Waals surface area contributed by atoms with Gasteiger partial charge in [0.15, 0.2) is 0 Å².